The van der Waals surface area contributed by atoms with E-state index in [0.29, 0.717) is 6.61 Å². The monoisotopic (exact) mass is 258 g/mol. The van der Waals surface area contributed by atoms with Gasteiger partial charge in [-0.2, -0.15) is 0 Å². The number of nitrogens with zero attached hydrogens (tertiary/aromatic N) is 1. The Labute approximate surface area is 105 Å². The number of likely N-dealkylation sites (tertiary alicyclic amines) is 1. The molecule has 2 aliphatic rings. The van der Waals surface area contributed by atoms with E-state index in [1.807, 2.05) is 6.92 Å². The molecule has 2 unspecified atom stereocenters. The van der Waals surface area contributed by atoms with Crippen LogP contribution >= 0.6 is 0 Å². The summed E-state index contributed by atoms with van der Waals surface area (Å²) in [6, 6.07) is -1.48. The summed E-state index contributed by atoms with van der Waals surface area (Å²) in [5.74, 6) is -1.09. The van der Waals surface area contributed by atoms with Crippen LogP contribution in [0, 0.1) is 0 Å². The molecule has 4 atom stereocenters. The number of aliphatic hydroxyl groups is 1. The summed E-state index contributed by atoms with van der Waals surface area (Å²) in [6.45, 7) is 2.52. The first-order chi connectivity index (χ1) is 8.49. The molecule has 0 spiro atoms. The molecule has 18 heavy (non-hydrogen) atoms. The highest BCUT2D eigenvalue weighted by Crippen LogP contribution is 2.19. The number of hydrogen-bond acceptors (Lipinski definition) is 4. The molecule has 0 aromatic heterocycles. The van der Waals surface area contributed by atoms with E-state index in [1.54, 1.807) is 0 Å². The number of carbonyl (C=O) groups excluding carboxylic acids is 1. The third-order valence-corrected chi connectivity index (χ3v) is 3.51. The lowest BCUT2D eigenvalue weighted by atomic mass is 10.1. The third kappa shape index (κ3) is 2.56. The number of amides is 2. The molecule has 7 heteroatoms. The molecule has 2 saturated heterocycles. The van der Waals surface area contributed by atoms with Gasteiger partial charge in [0.15, 0.2) is 0 Å². The first-order valence-corrected chi connectivity index (χ1v) is 6.08. The number of ether oxygens (including phenoxy) is 1. The van der Waals surface area contributed by atoms with Crippen molar-refractivity contribution in [2.45, 2.75) is 44.1 Å². The average Bonchev–Trinajstić information content (AvgIpc) is 2.86. The summed E-state index contributed by atoms with van der Waals surface area (Å²) < 4.78 is 5.33. The van der Waals surface area contributed by atoms with Gasteiger partial charge in [0.25, 0.3) is 0 Å². The second kappa shape index (κ2) is 5.11. The van der Waals surface area contributed by atoms with Crippen LogP contribution in [0.2, 0.25) is 0 Å². The quantitative estimate of drug-likeness (QED) is 0.614. The highest BCUT2D eigenvalue weighted by Gasteiger charge is 2.40. The number of urea groups is 1. The van der Waals surface area contributed by atoms with Gasteiger partial charge in [-0.15, -0.1) is 0 Å². The molecule has 2 rings (SSSR count). The number of carboxylic acids is 1. The predicted molar refractivity (Wildman–Crippen MR) is 61.1 cm³/mol. The Kier molecular flexibility index (Phi) is 3.72. The van der Waals surface area contributed by atoms with Gasteiger partial charge in [-0.25, -0.2) is 9.59 Å². The fourth-order valence-electron chi connectivity index (χ4n) is 2.44. The minimum Gasteiger partial charge on any atom is -0.480 e. The van der Waals surface area contributed by atoms with Gasteiger partial charge in [-0.3, -0.25) is 0 Å². The standard InChI is InChI=1S/C11H18N2O5/c1-6-8(2-3-18-6)12-11(17)13-5-7(14)4-9(13)10(15)16/h6-9,14H,2-5H2,1H3,(H,12,17)(H,15,16)/t6?,7-,8?,9+/m1/s1. The molecule has 0 radical (unpaired) electrons. The van der Waals surface area contributed by atoms with Gasteiger partial charge in [0, 0.05) is 19.6 Å². The largest absolute Gasteiger partial charge is 0.480 e. The summed E-state index contributed by atoms with van der Waals surface area (Å²) in [5, 5.41) is 21.2. The van der Waals surface area contributed by atoms with Crippen LogP contribution in [0.3, 0.4) is 0 Å². The van der Waals surface area contributed by atoms with Gasteiger partial charge in [0.05, 0.1) is 18.2 Å². The van der Waals surface area contributed by atoms with Gasteiger partial charge in [0.1, 0.15) is 6.04 Å². The Morgan fingerprint density at radius 1 is 1.44 bits per heavy atom. The van der Waals surface area contributed by atoms with Crippen molar-refractivity contribution < 1.29 is 24.5 Å². The zero-order valence-electron chi connectivity index (χ0n) is 10.2. The average molecular weight is 258 g/mol. The number of aliphatic carboxylic acids is 1. The molecule has 102 valence electrons. The highest BCUT2D eigenvalue weighted by molar-refractivity contribution is 5.83. The molecule has 0 aromatic carbocycles. The maximum absolute atomic E-state index is 12.0. The van der Waals surface area contributed by atoms with E-state index in [9.17, 15) is 14.7 Å². The molecule has 7 nitrogen and oxygen atoms in total. The minimum absolute atomic E-state index is 0.0603. The van der Waals surface area contributed by atoms with E-state index in [-0.39, 0.29) is 25.1 Å². The third-order valence-electron chi connectivity index (χ3n) is 3.51. The first kappa shape index (κ1) is 13.1. The van der Waals surface area contributed by atoms with Crippen molar-refractivity contribution in [3.63, 3.8) is 0 Å². The van der Waals surface area contributed by atoms with Crippen LogP contribution in [0.1, 0.15) is 19.8 Å². The molecule has 3 N–H and O–H groups in total. The van der Waals surface area contributed by atoms with Crippen LogP contribution in [0.4, 0.5) is 4.79 Å². The van der Waals surface area contributed by atoms with Gasteiger partial charge in [0.2, 0.25) is 0 Å². The number of hydrogen-bond donors (Lipinski definition) is 3. The van der Waals surface area contributed by atoms with E-state index in [4.69, 9.17) is 9.84 Å². The Hall–Kier alpha value is -1.34. The van der Waals surface area contributed by atoms with E-state index in [1.165, 1.54) is 4.90 Å². The van der Waals surface area contributed by atoms with Gasteiger partial charge < -0.3 is 25.2 Å². The summed E-state index contributed by atoms with van der Waals surface area (Å²) in [6.07, 6.45) is -0.0283. The van der Waals surface area contributed by atoms with Crippen molar-refractivity contribution in [3.05, 3.63) is 0 Å². The molecule has 0 bridgehead atoms. The van der Waals surface area contributed by atoms with Crippen LogP contribution in [0.5, 0.6) is 0 Å². The number of carboxylic acid groups (broad SMARTS) is 1. The Morgan fingerprint density at radius 2 is 2.17 bits per heavy atom. The molecule has 2 fully saturated rings. The molecule has 2 heterocycles. The molecule has 2 aliphatic heterocycles. The predicted octanol–water partition coefficient (Wildman–Crippen LogP) is -0.607. The van der Waals surface area contributed by atoms with Crippen LogP contribution in [0.15, 0.2) is 0 Å². The normalized spacial score (nSPS) is 35.8. The second-order valence-electron chi connectivity index (χ2n) is 4.82. The lowest BCUT2D eigenvalue weighted by Crippen LogP contribution is -2.50. The maximum Gasteiger partial charge on any atom is 0.326 e. The van der Waals surface area contributed by atoms with E-state index < -0.39 is 24.1 Å². The smallest absolute Gasteiger partial charge is 0.326 e. The number of carbonyl (C=O) groups is 2. The van der Waals surface area contributed by atoms with Crippen molar-refractivity contribution in [3.8, 4) is 0 Å². The lowest BCUT2D eigenvalue weighted by Gasteiger charge is -2.25. The van der Waals surface area contributed by atoms with Gasteiger partial charge in [-0.05, 0) is 13.3 Å². The van der Waals surface area contributed by atoms with E-state index in [0.717, 1.165) is 6.42 Å². The first-order valence-electron chi connectivity index (χ1n) is 6.08. The molecule has 2 amide bonds. The minimum atomic E-state index is -1.09. The van der Waals surface area contributed by atoms with Gasteiger partial charge in [-0.1, -0.05) is 0 Å². The van der Waals surface area contributed by atoms with Crippen molar-refractivity contribution in [2.24, 2.45) is 0 Å². The van der Waals surface area contributed by atoms with Gasteiger partial charge >= 0.3 is 12.0 Å². The Morgan fingerprint density at radius 3 is 2.72 bits per heavy atom. The topological polar surface area (TPSA) is 99.1 Å². The molecule has 0 aromatic rings. The molecule has 0 saturated carbocycles. The summed E-state index contributed by atoms with van der Waals surface area (Å²) in [5.41, 5.74) is 0. The summed E-state index contributed by atoms with van der Waals surface area (Å²) in [4.78, 5) is 24.2. The maximum atomic E-state index is 12.0. The van der Waals surface area contributed by atoms with E-state index >= 15 is 0 Å². The number of aliphatic hydroxyl groups excluding tert-OH is 1. The van der Waals surface area contributed by atoms with Crippen LogP contribution in [-0.4, -0.2) is 64.6 Å². The number of nitrogens with one attached hydrogen (secondary N) is 1. The van der Waals surface area contributed by atoms with E-state index in [2.05, 4.69) is 5.32 Å². The summed E-state index contributed by atoms with van der Waals surface area (Å²) in [7, 11) is 0. The van der Waals surface area contributed by atoms with Crippen LogP contribution in [0.25, 0.3) is 0 Å². The highest BCUT2D eigenvalue weighted by atomic mass is 16.5. The lowest BCUT2D eigenvalue weighted by molar-refractivity contribution is -0.141. The zero-order valence-corrected chi connectivity index (χ0v) is 10.2. The van der Waals surface area contributed by atoms with Crippen molar-refractivity contribution in [1.82, 2.24) is 10.2 Å². The number of β-amino-alcohol motifs (C(OH)–C–C–N with tert-alkyl or cyclic N) is 1. The van der Waals surface area contributed by atoms with Crippen molar-refractivity contribution >= 4 is 12.0 Å². The molecule has 0 aliphatic carbocycles. The van der Waals surface area contributed by atoms with Crippen molar-refractivity contribution in [2.75, 3.05) is 13.2 Å². The Balaban J connectivity index is 1.97. The zero-order chi connectivity index (χ0) is 13.3. The van der Waals surface area contributed by atoms with Crippen LogP contribution in [-0.2, 0) is 9.53 Å². The van der Waals surface area contributed by atoms with Crippen LogP contribution < -0.4 is 5.32 Å². The SMILES string of the molecule is CC1OCCC1NC(=O)N1C[C@H](O)C[C@H]1C(=O)O. The number of rotatable bonds is 2. The Bertz CT molecular complexity index is 348. The van der Waals surface area contributed by atoms with Crippen molar-refractivity contribution in [1.29, 1.82) is 0 Å². The second-order valence-corrected chi connectivity index (χ2v) is 4.82. The fraction of sp³-hybridized carbons (Fsp3) is 0.818. The molecular weight excluding hydrogens is 240 g/mol. The fourth-order valence-corrected chi connectivity index (χ4v) is 2.44. The molecular formula is C11H18N2O5. The summed E-state index contributed by atoms with van der Waals surface area (Å²) >= 11 is 0.